The lowest BCUT2D eigenvalue weighted by atomic mass is 10.2. The highest BCUT2D eigenvalue weighted by molar-refractivity contribution is 5.80. The van der Waals surface area contributed by atoms with Crippen LogP contribution in [0.1, 0.15) is 18.9 Å². The molecule has 0 spiro atoms. The van der Waals surface area contributed by atoms with E-state index in [4.69, 9.17) is 9.47 Å². The van der Waals surface area contributed by atoms with E-state index in [0.717, 1.165) is 26.1 Å². The van der Waals surface area contributed by atoms with Gasteiger partial charge in [-0.15, -0.1) is 6.58 Å². The largest absolute Gasteiger partial charge is 0.374 e. The second-order valence-corrected chi connectivity index (χ2v) is 6.05. The van der Waals surface area contributed by atoms with Crippen LogP contribution in [-0.4, -0.2) is 55.9 Å². The highest BCUT2D eigenvalue weighted by Crippen LogP contribution is 2.10. The molecule has 1 aliphatic heterocycles. The summed E-state index contributed by atoms with van der Waals surface area (Å²) in [4.78, 5) is 14.4. The molecule has 2 atom stereocenters. The zero-order valence-corrected chi connectivity index (χ0v) is 14.4. The summed E-state index contributed by atoms with van der Waals surface area (Å²) < 4.78 is 11.2. The molecule has 1 aliphatic rings. The molecule has 1 aromatic rings. The minimum atomic E-state index is -0.450. The minimum absolute atomic E-state index is 0.0202. The molecule has 0 bridgehead atoms. The number of nitrogens with zero attached hydrogens (tertiary/aromatic N) is 1. The van der Waals surface area contributed by atoms with Crippen LogP contribution in [0.3, 0.4) is 0 Å². The molecular weight excluding hydrogens is 304 g/mol. The lowest BCUT2D eigenvalue weighted by Gasteiger charge is -2.33. The maximum Gasteiger partial charge on any atom is 0.248 e. The van der Waals surface area contributed by atoms with E-state index in [1.807, 2.05) is 6.07 Å². The number of amides is 1. The van der Waals surface area contributed by atoms with E-state index < -0.39 is 6.10 Å². The van der Waals surface area contributed by atoms with Crippen LogP contribution in [0, 0.1) is 0 Å². The van der Waals surface area contributed by atoms with E-state index in [1.165, 1.54) is 5.56 Å². The van der Waals surface area contributed by atoms with E-state index in [9.17, 15) is 4.79 Å². The molecule has 0 aromatic heterocycles. The number of ether oxygens (including phenoxy) is 2. The summed E-state index contributed by atoms with van der Waals surface area (Å²) in [6.07, 6.45) is 2.10. The molecule has 1 saturated heterocycles. The van der Waals surface area contributed by atoms with Crippen LogP contribution in [0.5, 0.6) is 0 Å². The third-order valence-corrected chi connectivity index (χ3v) is 4.03. The highest BCUT2D eigenvalue weighted by atomic mass is 16.5. The zero-order chi connectivity index (χ0) is 17.2. The molecule has 5 nitrogen and oxygen atoms in total. The van der Waals surface area contributed by atoms with Crippen LogP contribution >= 0.6 is 0 Å². The number of hydrogen-bond donors (Lipinski definition) is 1. The number of morpholine rings is 1. The second kappa shape index (κ2) is 10.2. The molecule has 0 saturated carbocycles. The Hall–Kier alpha value is -1.69. The van der Waals surface area contributed by atoms with Crippen molar-refractivity contribution in [3.05, 3.63) is 48.6 Å². The Labute approximate surface area is 144 Å². The van der Waals surface area contributed by atoms with Crippen LogP contribution in [0.15, 0.2) is 43.0 Å². The standard InChI is InChI=1S/C19H28N2O3/c1-3-4-11-23-16(2)19(22)20-13-18-15-21(10-12-24-18)14-17-8-6-5-7-9-17/h3,5-9,16,18H,1,4,10-15H2,2H3,(H,20,22). The maximum atomic E-state index is 12.0. The summed E-state index contributed by atoms with van der Waals surface area (Å²) in [7, 11) is 0. The van der Waals surface area contributed by atoms with E-state index in [2.05, 4.69) is 41.1 Å². The first-order valence-electron chi connectivity index (χ1n) is 8.57. The van der Waals surface area contributed by atoms with Crippen molar-refractivity contribution in [2.75, 3.05) is 32.8 Å². The fourth-order valence-electron chi connectivity index (χ4n) is 2.65. The molecule has 1 fully saturated rings. The summed E-state index contributed by atoms with van der Waals surface area (Å²) >= 11 is 0. The lowest BCUT2D eigenvalue weighted by Crippen LogP contribution is -2.48. The summed E-state index contributed by atoms with van der Waals surface area (Å²) in [5.74, 6) is -0.0946. The molecule has 132 valence electrons. The first kappa shape index (κ1) is 18.6. The van der Waals surface area contributed by atoms with Crippen LogP contribution < -0.4 is 5.32 Å². The third kappa shape index (κ3) is 6.43. The molecule has 2 unspecified atom stereocenters. The monoisotopic (exact) mass is 332 g/mol. The first-order valence-corrected chi connectivity index (χ1v) is 8.57. The van der Waals surface area contributed by atoms with Gasteiger partial charge in [0.15, 0.2) is 0 Å². The summed E-state index contributed by atoms with van der Waals surface area (Å²) in [6.45, 7) is 9.77. The number of rotatable bonds is 9. The molecule has 2 rings (SSSR count). The van der Waals surface area contributed by atoms with E-state index in [-0.39, 0.29) is 12.0 Å². The Kier molecular flexibility index (Phi) is 7.95. The summed E-state index contributed by atoms with van der Waals surface area (Å²) in [6, 6.07) is 10.4. The molecule has 1 aromatic carbocycles. The van der Waals surface area contributed by atoms with Gasteiger partial charge in [0.1, 0.15) is 6.10 Å². The van der Waals surface area contributed by atoms with Gasteiger partial charge in [0.05, 0.1) is 19.3 Å². The van der Waals surface area contributed by atoms with Gasteiger partial charge in [-0.3, -0.25) is 9.69 Å². The minimum Gasteiger partial charge on any atom is -0.374 e. The van der Waals surface area contributed by atoms with E-state index >= 15 is 0 Å². The Morgan fingerprint density at radius 1 is 1.50 bits per heavy atom. The normalized spacial score (nSPS) is 19.6. The van der Waals surface area contributed by atoms with Gasteiger partial charge in [-0.25, -0.2) is 0 Å². The van der Waals surface area contributed by atoms with Crippen LogP contribution in [0.25, 0.3) is 0 Å². The van der Waals surface area contributed by atoms with Gasteiger partial charge in [0.2, 0.25) is 5.91 Å². The van der Waals surface area contributed by atoms with E-state index in [1.54, 1.807) is 13.0 Å². The fourth-order valence-corrected chi connectivity index (χ4v) is 2.65. The molecule has 24 heavy (non-hydrogen) atoms. The zero-order valence-electron chi connectivity index (χ0n) is 14.4. The predicted octanol–water partition coefficient (Wildman–Crippen LogP) is 1.98. The number of benzene rings is 1. The van der Waals surface area contributed by atoms with Crippen molar-refractivity contribution < 1.29 is 14.3 Å². The van der Waals surface area contributed by atoms with Gasteiger partial charge < -0.3 is 14.8 Å². The lowest BCUT2D eigenvalue weighted by molar-refractivity contribution is -0.132. The van der Waals surface area contributed by atoms with Crippen molar-refractivity contribution in [2.45, 2.75) is 32.1 Å². The quantitative estimate of drug-likeness (QED) is 0.555. The number of carbonyl (C=O) groups excluding carboxylic acids is 1. The van der Waals surface area contributed by atoms with Gasteiger partial charge in [0, 0.05) is 26.2 Å². The number of carbonyl (C=O) groups is 1. The van der Waals surface area contributed by atoms with E-state index in [0.29, 0.717) is 19.8 Å². The molecule has 1 heterocycles. The van der Waals surface area contributed by atoms with Gasteiger partial charge in [-0.2, -0.15) is 0 Å². The van der Waals surface area contributed by atoms with Gasteiger partial charge in [0.25, 0.3) is 0 Å². The Balaban J connectivity index is 1.70. The second-order valence-electron chi connectivity index (χ2n) is 6.05. The van der Waals surface area contributed by atoms with Gasteiger partial charge in [-0.05, 0) is 18.9 Å². The average molecular weight is 332 g/mol. The van der Waals surface area contributed by atoms with Gasteiger partial charge in [-0.1, -0.05) is 36.4 Å². The Morgan fingerprint density at radius 3 is 3.04 bits per heavy atom. The fraction of sp³-hybridized carbons (Fsp3) is 0.526. The van der Waals surface area contributed by atoms with Crippen molar-refractivity contribution in [1.82, 2.24) is 10.2 Å². The molecule has 0 aliphatic carbocycles. The van der Waals surface area contributed by atoms with Crippen molar-refractivity contribution in [3.63, 3.8) is 0 Å². The molecular formula is C19H28N2O3. The Bertz CT molecular complexity index is 507. The van der Waals surface area contributed by atoms with Crippen molar-refractivity contribution in [2.24, 2.45) is 0 Å². The maximum absolute atomic E-state index is 12.0. The summed E-state index contributed by atoms with van der Waals surface area (Å²) in [5.41, 5.74) is 1.30. The van der Waals surface area contributed by atoms with Crippen molar-refractivity contribution >= 4 is 5.91 Å². The highest BCUT2D eigenvalue weighted by Gasteiger charge is 2.22. The van der Waals surface area contributed by atoms with Gasteiger partial charge >= 0.3 is 0 Å². The third-order valence-electron chi connectivity index (χ3n) is 4.03. The van der Waals surface area contributed by atoms with Crippen LogP contribution in [0.4, 0.5) is 0 Å². The molecule has 5 heteroatoms. The molecule has 1 amide bonds. The predicted molar refractivity (Wildman–Crippen MR) is 94.7 cm³/mol. The van der Waals surface area contributed by atoms with Crippen LogP contribution in [0.2, 0.25) is 0 Å². The van der Waals surface area contributed by atoms with Crippen LogP contribution in [-0.2, 0) is 20.8 Å². The molecule has 0 radical (unpaired) electrons. The smallest absolute Gasteiger partial charge is 0.248 e. The Morgan fingerprint density at radius 2 is 2.29 bits per heavy atom. The average Bonchev–Trinajstić information content (AvgIpc) is 2.61. The topological polar surface area (TPSA) is 50.8 Å². The summed E-state index contributed by atoms with van der Waals surface area (Å²) in [5, 5.41) is 2.92. The number of hydrogen-bond acceptors (Lipinski definition) is 4. The van der Waals surface area contributed by atoms with Crippen molar-refractivity contribution in [3.8, 4) is 0 Å². The SMILES string of the molecule is C=CCCOC(C)C(=O)NCC1CN(Cc2ccccc2)CCO1. The van der Waals surface area contributed by atoms with Crippen molar-refractivity contribution in [1.29, 1.82) is 0 Å². The number of nitrogens with one attached hydrogen (secondary N) is 1. The first-order chi connectivity index (χ1) is 11.7. The molecule has 1 N–H and O–H groups in total.